The van der Waals surface area contributed by atoms with E-state index in [1.165, 1.54) is 148 Å². The van der Waals surface area contributed by atoms with E-state index >= 15 is 0 Å². The second-order valence-corrected chi connectivity index (χ2v) is 14.7. The fourth-order valence-corrected chi connectivity index (χ4v) is 6.34. The van der Waals surface area contributed by atoms with Crippen LogP contribution in [-0.2, 0) is 14.3 Å². The Hall–Kier alpha value is -1.65. The lowest BCUT2D eigenvalue weighted by molar-refractivity contribution is -0.154. The first kappa shape index (κ1) is 49.4. The summed E-state index contributed by atoms with van der Waals surface area (Å²) in [5.41, 5.74) is 0. The molecule has 0 heterocycles. The molecule has 4 nitrogen and oxygen atoms in total. The maximum atomic E-state index is 12.2. The zero-order chi connectivity index (χ0) is 37.0. The number of hydrogen-bond acceptors (Lipinski definition) is 4. The molecule has 0 radical (unpaired) electrons. The minimum Gasteiger partial charge on any atom is -0.457 e. The third kappa shape index (κ3) is 42.7. The van der Waals surface area contributed by atoms with Crippen molar-refractivity contribution in [2.45, 2.75) is 225 Å². The van der Waals surface area contributed by atoms with E-state index in [9.17, 15) is 9.90 Å². The monoisotopic (exact) mass is 715 g/mol. The molecule has 51 heavy (non-hydrogen) atoms. The summed E-state index contributed by atoms with van der Waals surface area (Å²) in [4.78, 5) is 12.2. The molecule has 4 heteroatoms. The first-order valence-corrected chi connectivity index (χ1v) is 22.2. The van der Waals surface area contributed by atoms with E-state index < -0.39 is 6.10 Å². The third-order valence-electron chi connectivity index (χ3n) is 9.64. The van der Waals surface area contributed by atoms with E-state index in [1.807, 2.05) is 0 Å². The van der Waals surface area contributed by atoms with Crippen molar-refractivity contribution in [1.29, 1.82) is 0 Å². The minimum absolute atomic E-state index is 0.183. The number of ether oxygens (including phenoxy) is 2. The predicted molar refractivity (Wildman–Crippen MR) is 223 cm³/mol. The number of aliphatic hydroxyl groups excluding tert-OH is 1. The van der Waals surface area contributed by atoms with Crippen LogP contribution < -0.4 is 0 Å². The average Bonchev–Trinajstić information content (AvgIpc) is 3.14. The third-order valence-corrected chi connectivity index (χ3v) is 9.64. The standard InChI is InChI=1S/C47H86O4/c1-3-5-7-9-11-13-15-17-18-19-20-21-22-23-24-25-26-27-28-29-31-33-35-37-39-41-43-50-45-46(44-48)51-47(49)42-40-38-36-34-32-30-16-14-12-10-8-6-4-2/h6,8,12,14,19-20,30,32,46,48H,3-5,7,9-11,13,15-18,21-29,31,33-45H2,1-2H3/b8-6-,14-12-,20-19-,32-30-. The Labute approximate surface area is 318 Å². The largest absolute Gasteiger partial charge is 0.457 e. The molecule has 0 amide bonds. The molecule has 0 aliphatic heterocycles. The van der Waals surface area contributed by atoms with Gasteiger partial charge in [0.25, 0.3) is 0 Å². The Balaban J connectivity index is 3.39. The summed E-state index contributed by atoms with van der Waals surface area (Å²) in [6.07, 6.45) is 57.6. The highest BCUT2D eigenvalue weighted by Gasteiger charge is 2.13. The highest BCUT2D eigenvalue weighted by molar-refractivity contribution is 5.69. The van der Waals surface area contributed by atoms with Crippen LogP contribution in [0.5, 0.6) is 0 Å². The van der Waals surface area contributed by atoms with E-state index in [4.69, 9.17) is 9.47 Å². The summed E-state index contributed by atoms with van der Waals surface area (Å²) >= 11 is 0. The molecule has 1 unspecified atom stereocenters. The van der Waals surface area contributed by atoms with Gasteiger partial charge in [0.2, 0.25) is 0 Å². The molecule has 0 rings (SSSR count). The van der Waals surface area contributed by atoms with Gasteiger partial charge in [-0.2, -0.15) is 0 Å². The van der Waals surface area contributed by atoms with Gasteiger partial charge in [0.15, 0.2) is 0 Å². The molecule has 0 saturated carbocycles. The number of hydrogen-bond donors (Lipinski definition) is 1. The lowest BCUT2D eigenvalue weighted by atomic mass is 10.0. The molecule has 0 aromatic carbocycles. The number of carbonyl (C=O) groups excluding carboxylic acids is 1. The first-order chi connectivity index (χ1) is 25.2. The average molecular weight is 715 g/mol. The Morgan fingerprint density at radius 1 is 0.490 bits per heavy atom. The van der Waals surface area contributed by atoms with Gasteiger partial charge < -0.3 is 14.6 Å². The second-order valence-electron chi connectivity index (χ2n) is 14.7. The Bertz CT molecular complexity index is 798. The van der Waals surface area contributed by atoms with Crippen molar-refractivity contribution < 1.29 is 19.4 Å². The highest BCUT2D eigenvalue weighted by Crippen LogP contribution is 2.15. The number of unbranched alkanes of at least 4 members (excludes halogenated alkanes) is 25. The van der Waals surface area contributed by atoms with Gasteiger partial charge in [-0.25, -0.2) is 0 Å². The lowest BCUT2D eigenvalue weighted by Gasteiger charge is -2.15. The van der Waals surface area contributed by atoms with Gasteiger partial charge in [-0.3, -0.25) is 4.79 Å². The maximum absolute atomic E-state index is 12.2. The van der Waals surface area contributed by atoms with Gasteiger partial charge in [0, 0.05) is 13.0 Å². The van der Waals surface area contributed by atoms with E-state index in [0.29, 0.717) is 13.0 Å². The van der Waals surface area contributed by atoms with Gasteiger partial charge in [-0.1, -0.05) is 191 Å². The first-order valence-electron chi connectivity index (χ1n) is 22.2. The van der Waals surface area contributed by atoms with Crippen molar-refractivity contribution in [2.75, 3.05) is 19.8 Å². The molecule has 0 aromatic rings. The Morgan fingerprint density at radius 3 is 1.35 bits per heavy atom. The van der Waals surface area contributed by atoms with Gasteiger partial charge in [-0.15, -0.1) is 0 Å². The molecule has 0 saturated heterocycles. The van der Waals surface area contributed by atoms with E-state index in [2.05, 4.69) is 62.5 Å². The molecule has 0 bridgehead atoms. The fourth-order valence-electron chi connectivity index (χ4n) is 6.34. The number of carbonyl (C=O) groups is 1. The topological polar surface area (TPSA) is 55.8 Å². The summed E-state index contributed by atoms with van der Waals surface area (Å²) in [7, 11) is 0. The SMILES string of the molecule is CC/C=C\C/C=C\C/C=C\CCCCCC(=O)OC(CO)COCCCCCCCCCCCCCCCC/C=C\CCCCCCCCCC. The van der Waals surface area contributed by atoms with Crippen molar-refractivity contribution in [3.8, 4) is 0 Å². The van der Waals surface area contributed by atoms with Crippen LogP contribution in [0.1, 0.15) is 219 Å². The minimum atomic E-state index is -0.549. The fraction of sp³-hybridized carbons (Fsp3) is 0.809. The highest BCUT2D eigenvalue weighted by atomic mass is 16.6. The summed E-state index contributed by atoms with van der Waals surface area (Å²) < 4.78 is 11.1. The van der Waals surface area contributed by atoms with Gasteiger partial charge >= 0.3 is 5.97 Å². The Kier molecular flexibility index (Phi) is 43.1. The van der Waals surface area contributed by atoms with E-state index in [0.717, 1.165) is 51.4 Å². The maximum Gasteiger partial charge on any atom is 0.306 e. The zero-order valence-corrected chi connectivity index (χ0v) is 34.1. The number of rotatable bonds is 41. The summed E-state index contributed by atoms with van der Waals surface area (Å²) in [5, 5.41) is 9.59. The molecule has 0 aliphatic rings. The molecule has 1 N–H and O–H groups in total. The predicted octanol–water partition coefficient (Wildman–Crippen LogP) is 14.7. The summed E-state index contributed by atoms with van der Waals surface area (Å²) in [6.45, 7) is 5.21. The van der Waals surface area contributed by atoms with Crippen LogP contribution in [0, 0.1) is 0 Å². The van der Waals surface area contributed by atoms with E-state index in [1.54, 1.807) is 0 Å². The summed E-state index contributed by atoms with van der Waals surface area (Å²) in [6, 6.07) is 0. The number of aliphatic hydroxyl groups is 1. The van der Waals surface area contributed by atoms with Gasteiger partial charge in [-0.05, 0) is 70.6 Å². The van der Waals surface area contributed by atoms with Crippen LogP contribution in [0.3, 0.4) is 0 Å². The lowest BCUT2D eigenvalue weighted by Crippen LogP contribution is -2.27. The van der Waals surface area contributed by atoms with Crippen molar-refractivity contribution in [2.24, 2.45) is 0 Å². The molecule has 0 aliphatic carbocycles. The molecular weight excluding hydrogens is 629 g/mol. The Morgan fingerprint density at radius 2 is 0.882 bits per heavy atom. The van der Waals surface area contributed by atoms with E-state index in [-0.39, 0.29) is 19.2 Å². The molecule has 1 atom stereocenters. The molecular formula is C47H86O4. The second kappa shape index (κ2) is 44.5. The van der Waals surface area contributed by atoms with Crippen molar-refractivity contribution >= 4 is 5.97 Å². The smallest absolute Gasteiger partial charge is 0.306 e. The summed E-state index contributed by atoms with van der Waals surface area (Å²) in [5.74, 6) is -0.228. The van der Waals surface area contributed by atoms with Crippen LogP contribution >= 0.6 is 0 Å². The molecule has 0 aromatic heterocycles. The van der Waals surface area contributed by atoms with Gasteiger partial charge in [0.05, 0.1) is 13.2 Å². The van der Waals surface area contributed by atoms with Crippen LogP contribution in [0.25, 0.3) is 0 Å². The van der Waals surface area contributed by atoms with Crippen molar-refractivity contribution in [3.63, 3.8) is 0 Å². The molecule has 298 valence electrons. The van der Waals surface area contributed by atoms with Crippen molar-refractivity contribution in [1.82, 2.24) is 0 Å². The zero-order valence-electron chi connectivity index (χ0n) is 34.1. The molecule has 0 spiro atoms. The number of allylic oxidation sites excluding steroid dienone is 8. The number of esters is 1. The van der Waals surface area contributed by atoms with Crippen LogP contribution in [0.4, 0.5) is 0 Å². The van der Waals surface area contributed by atoms with Crippen molar-refractivity contribution in [3.05, 3.63) is 48.6 Å². The van der Waals surface area contributed by atoms with Crippen LogP contribution in [-0.4, -0.2) is 37.0 Å². The molecule has 0 fully saturated rings. The normalized spacial score (nSPS) is 12.8. The van der Waals surface area contributed by atoms with Crippen LogP contribution in [0.2, 0.25) is 0 Å². The van der Waals surface area contributed by atoms with Gasteiger partial charge in [0.1, 0.15) is 6.10 Å². The van der Waals surface area contributed by atoms with Crippen LogP contribution in [0.15, 0.2) is 48.6 Å². The quantitative estimate of drug-likeness (QED) is 0.0389.